The first-order valence-corrected chi connectivity index (χ1v) is 4.66. The molecule has 0 bridgehead atoms. The van der Waals surface area contributed by atoms with Crippen molar-refractivity contribution in [3.63, 3.8) is 0 Å². The van der Waals surface area contributed by atoms with Crippen molar-refractivity contribution in [2.24, 2.45) is 0 Å². The number of hydrogen-bond acceptors (Lipinski definition) is 3. The van der Waals surface area contributed by atoms with Crippen LogP contribution in [-0.2, 0) is 0 Å². The lowest BCUT2D eigenvalue weighted by Gasteiger charge is -2.04. The molecule has 1 aliphatic rings. The van der Waals surface area contributed by atoms with Crippen LogP contribution in [0.5, 0.6) is 0 Å². The van der Waals surface area contributed by atoms with Gasteiger partial charge in [-0.05, 0) is 18.8 Å². The fourth-order valence-corrected chi connectivity index (χ4v) is 1.77. The van der Waals surface area contributed by atoms with Crippen LogP contribution in [0.4, 0.5) is 0 Å². The van der Waals surface area contributed by atoms with Gasteiger partial charge in [0, 0.05) is 5.56 Å². The van der Waals surface area contributed by atoms with Crippen molar-refractivity contribution < 1.29 is 4.79 Å². The number of aromatic nitrogens is 2. The van der Waals surface area contributed by atoms with Gasteiger partial charge in [-0.1, -0.05) is 23.2 Å². The van der Waals surface area contributed by atoms with Crippen LogP contribution in [0.3, 0.4) is 0 Å². The van der Waals surface area contributed by atoms with Gasteiger partial charge in [0.25, 0.3) is 0 Å². The lowest BCUT2D eigenvalue weighted by molar-refractivity contribution is 0.112. The maximum Gasteiger partial charge on any atom is 0.162 e. The minimum absolute atomic E-state index is 0.140. The summed E-state index contributed by atoms with van der Waals surface area (Å²) in [6.07, 6.45) is 2.78. The highest BCUT2D eigenvalue weighted by molar-refractivity contribution is 6.34. The number of halogens is 2. The second kappa shape index (κ2) is 3.24. The molecule has 0 N–H and O–H groups in total. The Labute approximate surface area is 85.1 Å². The first-order valence-electron chi connectivity index (χ1n) is 3.90. The van der Waals surface area contributed by atoms with Gasteiger partial charge in [-0.2, -0.15) is 0 Å². The van der Waals surface area contributed by atoms with E-state index in [-0.39, 0.29) is 5.15 Å². The molecule has 3 nitrogen and oxygen atoms in total. The topological polar surface area (TPSA) is 42.9 Å². The van der Waals surface area contributed by atoms with E-state index in [1.165, 1.54) is 0 Å². The molecule has 1 aromatic heterocycles. The van der Waals surface area contributed by atoms with Crippen LogP contribution >= 0.6 is 23.2 Å². The highest BCUT2D eigenvalue weighted by atomic mass is 35.5. The summed E-state index contributed by atoms with van der Waals surface area (Å²) in [5.41, 5.74) is 1.15. The fourth-order valence-electron chi connectivity index (χ4n) is 1.29. The van der Waals surface area contributed by atoms with Gasteiger partial charge in [-0.3, -0.25) is 4.79 Å². The molecular weight excluding hydrogens is 211 g/mol. The van der Waals surface area contributed by atoms with Gasteiger partial charge in [0.15, 0.2) is 16.6 Å². The normalized spacial score (nSPS) is 15.8. The van der Waals surface area contributed by atoms with Gasteiger partial charge in [-0.15, -0.1) is 10.2 Å². The highest BCUT2D eigenvalue weighted by Gasteiger charge is 2.30. The smallest absolute Gasteiger partial charge is 0.162 e. The molecule has 0 radical (unpaired) electrons. The van der Waals surface area contributed by atoms with Crippen LogP contribution in [-0.4, -0.2) is 16.5 Å². The molecule has 5 heteroatoms. The van der Waals surface area contributed by atoms with Gasteiger partial charge in [0.05, 0.1) is 5.56 Å². The molecule has 1 aromatic rings. The van der Waals surface area contributed by atoms with Crippen LogP contribution in [0, 0.1) is 0 Å². The Hall–Kier alpha value is -0.670. The second-order valence-electron chi connectivity index (χ2n) is 3.00. The Kier molecular flexibility index (Phi) is 2.22. The number of hydrogen-bond donors (Lipinski definition) is 0. The standard InChI is InChI=1S/C8H6Cl2N2O/c9-7-5(3-13)6(4-1-2-4)8(10)12-11-7/h3-4H,1-2H2. The van der Waals surface area contributed by atoms with Gasteiger partial charge >= 0.3 is 0 Å². The molecule has 0 amide bonds. The Balaban J connectivity index is 2.60. The third-order valence-corrected chi connectivity index (χ3v) is 2.62. The molecule has 1 saturated carbocycles. The first-order chi connectivity index (χ1) is 6.24. The molecule has 1 heterocycles. The van der Waals surface area contributed by atoms with Crippen molar-refractivity contribution in [2.45, 2.75) is 18.8 Å². The summed E-state index contributed by atoms with van der Waals surface area (Å²) in [6.45, 7) is 0. The largest absolute Gasteiger partial charge is 0.298 e. The zero-order chi connectivity index (χ0) is 9.42. The van der Waals surface area contributed by atoms with E-state index in [4.69, 9.17) is 23.2 Å². The quantitative estimate of drug-likeness (QED) is 0.714. The van der Waals surface area contributed by atoms with E-state index < -0.39 is 0 Å². The minimum Gasteiger partial charge on any atom is -0.298 e. The molecule has 68 valence electrons. The van der Waals surface area contributed by atoms with E-state index in [0.29, 0.717) is 22.9 Å². The highest BCUT2D eigenvalue weighted by Crippen LogP contribution is 2.44. The number of aldehydes is 1. The Morgan fingerprint density at radius 2 is 1.85 bits per heavy atom. The Morgan fingerprint density at radius 1 is 1.23 bits per heavy atom. The third kappa shape index (κ3) is 1.54. The van der Waals surface area contributed by atoms with E-state index in [1.54, 1.807) is 0 Å². The maximum absolute atomic E-state index is 10.7. The third-order valence-electron chi connectivity index (χ3n) is 2.06. The molecule has 0 spiro atoms. The summed E-state index contributed by atoms with van der Waals surface area (Å²) in [7, 11) is 0. The van der Waals surface area contributed by atoms with Crippen molar-refractivity contribution >= 4 is 29.5 Å². The molecule has 0 unspecified atom stereocenters. The predicted molar refractivity (Wildman–Crippen MR) is 49.4 cm³/mol. The van der Waals surface area contributed by atoms with Crippen molar-refractivity contribution in [1.82, 2.24) is 10.2 Å². The van der Waals surface area contributed by atoms with Crippen LogP contribution < -0.4 is 0 Å². The van der Waals surface area contributed by atoms with Crippen LogP contribution in [0.15, 0.2) is 0 Å². The SMILES string of the molecule is O=Cc1c(Cl)nnc(Cl)c1C1CC1. The van der Waals surface area contributed by atoms with Crippen molar-refractivity contribution in [2.75, 3.05) is 0 Å². The second-order valence-corrected chi connectivity index (χ2v) is 3.72. The molecule has 2 rings (SSSR count). The zero-order valence-corrected chi connectivity index (χ0v) is 8.14. The molecule has 0 saturated heterocycles. The van der Waals surface area contributed by atoms with Gasteiger partial charge < -0.3 is 0 Å². The minimum atomic E-state index is 0.140. The molecule has 1 fully saturated rings. The molecule has 0 aromatic carbocycles. The molecule has 13 heavy (non-hydrogen) atoms. The average molecular weight is 217 g/mol. The molecule has 0 aliphatic heterocycles. The lowest BCUT2D eigenvalue weighted by atomic mass is 10.1. The maximum atomic E-state index is 10.7. The summed E-state index contributed by atoms with van der Waals surface area (Å²) in [4.78, 5) is 10.7. The summed E-state index contributed by atoms with van der Waals surface area (Å²) in [5, 5.41) is 7.69. The van der Waals surface area contributed by atoms with Crippen LogP contribution in [0.1, 0.15) is 34.7 Å². The average Bonchev–Trinajstić information content (AvgIpc) is 2.91. The molecule has 1 aliphatic carbocycles. The predicted octanol–water partition coefficient (Wildman–Crippen LogP) is 2.47. The summed E-state index contributed by atoms with van der Waals surface area (Å²) < 4.78 is 0. The number of nitrogens with zero attached hydrogens (tertiary/aromatic N) is 2. The molecular formula is C8H6Cl2N2O. The summed E-state index contributed by atoms with van der Waals surface area (Å²) in [6, 6.07) is 0. The summed E-state index contributed by atoms with van der Waals surface area (Å²) >= 11 is 11.5. The lowest BCUT2D eigenvalue weighted by Crippen LogP contribution is -1.98. The number of carbonyl (C=O) groups is 1. The molecule has 0 atom stereocenters. The van der Waals surface area contributed by atoms with Crippen LogP contribution in [0.25, 0.3) is 0 Å². The van der Waals surface area contributed by atoms with E-state index in [0.717, 1.165) is 18.4 Å². The fraction of sp³-hybridized carbons (Fsp3) is 0.375. The monoisotopic (exact) mass is 216 g/mol. The van der Waals surface area contributed by atoms with Crippen molar-refractivity contribution in [3.05, 3.63) is 21.4 Å². The van der Waals surface area contributed by atoms with Crippen molar-refractivity contribution in [3.8, 4) is 0 Å². The van der Waals surface area contributed by atoms with E-state index >= 15 is 0 Å². The number of rotatable bonds is 2. The Morgan fingerprint density at radius 3 is 2.38 bits per heavy atom. The first kappa shape index (κ1) is 8.91. The zero-order valence-electron chi connectivity index (χ0n) is 6.63. The van der Waals surface area contributed by atoms with E-state index in [1.807, 2.05) is 0 Å². The van der Waals surface area contributed by atoms with Crippen LogP contribution in [0.2, 0.25) is 10.3 Å². The van der Waals surface area contributed by atoms with Crippen molar-refractivity contribution in [1.29, 1.82) is 0 Å². The van der Waals surface area contributed by atoms with Gasteiger partial charge in [0.2, 0.25) is 0 Å². The summed E-state index contributed by atoms with van der Waals surface area (Å²) in [5.74, 6) is 0.348. The van der Waals surface area contributed by atoms with E-state index in [2.05, 4.69) is 10.2 Å². The van der Waals surface area contributed by atoms with E-state index in [9.17, 15) is 4.79 Å². The van der Waals surface area contributed by atoms with Gasteiger partial charge in [-0.25, -0.2) is 0 Å². The van der Waals surface area contributed by atoms with Gasteiger partial charge in [0.1, 0.15) is 0 Å². The Bertz CT molecular complexity index is 363. The number of carbonyl (C=O) groups excluding carboxylic acids is 1.